The second-order valence-corrected chi connectivity index (χ2v) is 12.7. The van der Waals surface area contributed by atoms with Gasteiger partial charge < -0.3 is 18.9 Å². The van der Waals surface area contributed by atoms with Gasteiger partial charge in [-0.1, -0.05) is 6.07 Å². The summed E-state index contributed by atoms with van der Waals surface area (Å²) in [5.41, 5.74) is -2.27. The van der Waals surface area contributed by atoms with Crippen LogP contribution in [0.5, 0.6) is 11.5 Å². The fraction of sp³-hybridized carbons (Fsp3) is 0.400. The SMILES string of the molecule is COC(=O)[C@]12CN(Cc3ccccn3)C[C@](C(=O)OC)(C1=O)[C@@H](c1cc(OC)ccn1)N(C)[C@H]2c1cc(OC)ccn1.[Cu+2].[O-][Cl+3]([O-])([O-])[O-].[O-][Cl+3]([O-])([O-])[O-]. The number of carbonyl (C=O) groups excluding carboxylic acids is 3. The average molecular weight is 838 g/mol. The van der Waals surface area contributed by atoms with Crippen molar-refractivity contribution in [1.82, 2.24) is 24.8 Å². The molecule has 3 aromatic rings. The van der Waals surface area contributed by atoms with Gasteiger partial charge in [0.15, 0.2) is 16.6 Å². The molecule has 0 unspecified atom stereocenters. The summed E-state index contributed by atoms with van der Waals surface area (Å²) in [6.45, 7) is 0.145. The number of piperidine rings is 2. The summed E-state index contributed by atoms with van der Waals surface area (Å²) in [6.07, 6.45) is 4.76. The molecule has 0 spiro atoms. The number of ketones is 1. The summed E-state index contributed by atoms with van der Waals surface area (Å²) in [4.78, 5) is 60.5. The molecule has 293 valence electrons. The number of nitrogens with zero attached hydrogens (tertiary/aromatic N) is 5. The van der Waals surface area contributed by atoms with Crippen LogP contribution < -0.4 is 46.7 Å². The Hall–Kier alpha value is -3.64. The maximum atomic E-state index is 15.1. The summed E-state index contributed by atoms with van der Waals surface area (Å²) >= 11 is 0. The van der Waals surface area contributed by atoms with E-state index in [1.165, 1.54) is 28.4 Å². The second-order valence-electron chi connectivity index (χ2n) is 11.2. The average Bonchev–Trinajstić information content (AvgIpc) is 3.08. The van der Waals surface area contributed by atoms with Crippen molar-refractivity contribution < 1.29 is 108 Å². The van der Waals surface area contributed by atoms with Crippen LogP contribution in [-0.2, 0) is 47.5 Å². The van der Waals surface area contributed by atoms with Gasteiger partial charge in [0.2, 0.25) is 0 Å². The number of hydrogen-bond donors (Lipinski definition) is 0. The first kappa shape index (κ1) is 45.5. The Morgan fingerprint density at radius 2 is 1.15 bits per heavy atom. The maximum absolute atomic E-state index is 15.1. The van der Waals surface area contributed by atoms with E-state index >= 15 is 4.79 Å². The molecule has 5 heterocycles. The molecule has 0 saturated carbocycles. The molecular weight excluding hydrogens is 805 g/mol. The van der Waals surface area contributed by atoms with Crippen LogP contribution in [0.15, 0.2) is 61.1 Å². The fourth-order valence-corrected chi connectivity index (χ4v) is 6.63. The van der Waals surface area contributed by atoms with Gasteiger partial charge in [0.25, 0.3) is 0 Å². The smallest absolute Gasteiger partial charge is 0.497 e. The standard InChI is InChI=1S/C30H33N5O7.2ClHO4.Cu/c1-34-24(22-14-20(39-2)9-12-32-22)29(27(37)41-4)17-35(16-19-8-6-7-11-31-19)18-30(26(29)36,28(38)42-5)25(34)23-15-21(40-3)10-13-33-23;2*2-1(3,4)5;/h6-15,24-25H,16-18H2,1-5H3;2*(H,2,3,4,5);/q;;;+2/p-2/t24-,25+,29-,30+;;;. The Labute approximate surface area is 317 Å². The van der Waals surface area contributed by atoms with Gasteiger partial charge in [-0.25, -0.2) is 37.3 Å². The number of rotatable bonds is 8. The van der Waals surface area contributed by atoms with Gasteiger partial charge in [0, 0.05) is 50.4 Å². The second kappa shape index (κ2) is 18.6. The molecule has 0 aliphatic carbocycles. The number of Topliss-reactive ketones (excluding diaryl/α,β-unsaturated/α-hetero) is 1. The molecule has 4 atom stereocenters. The molecule has 20 nitrogen and oxygen atoms in total. The summed E-state index contributed by atoms with van der Waals surface area (Å²) < 4.78 is 89.6. The maximum Gasteiger partial charge on any atom is 2.00 e. The minimum atomic E-state index is -4.94. The summed E-state index contributed by atoms with van der Waals surface area (Å²) in [5, 5.41) is 0. The summed E-state index contributed by atoms with van der Waals surface area (Å²) in [6, 6.07) is 10.2. The molecule has 2 aliphatic rings. The van der Waals surface area contributed by atoms with Crippen molar-refractivity contribution in [2.45, 2.75) is 18.6 Å². The van der Waals surface area contributed by atoms with E-state index in [0.29, 0.717) is 28.6 Å². The molecule has 3 aromatic heterocycles. The first-order valence-electron chi connectivity index (χ1n) is 14.6. The molecule has 53 heavy (non-hydrogen) atoms. The zero-order chi connectivity index (χ0) is 39.1. The summed E-state index contributed by atoms with van der Waals surface area (Å²) in [5.74, 6) is -1.21. The number of hydrogen-bond acceptors (Lipinski definition) is 20. The first-order chi connectivity index (χ1) is 24.3. The van der Waals surface area contributed by atoms with E-state index in [1.54, 1.807) is 60.9 Å². The van der Waals surface area contributed by atoms with Crippen molar-refractivity contribution in [2.24, 2.45) is 10.8 Å². The molecule has 0 aromatic carbocycles. The van der Waals surface area contributed by atoms with E-state index < -0.39 is 61.1 Å². The van der Waals surface area contributed by atoms with Crippen LogP contribution in [0, 0.1) is 31.3 Å². The minimum absolute atomic E-state index is 0. The molecule has 1 radical (unpaired) electrons. The molecule has 2 aliphatic heterocycles. The zero-order valence-electron chi connectivity index (χ0n) is 28.5. The number of esters is 2. The van der Waals surface area contributed by atoms with Gasteiger partial charge in [-0.2, -0.15) is 0 Å². The van der Waals surface area contributed by atoms with Crippen molar-refractivity contribution in [2.75, 3.05) is 48.6 Å². The number of halogens is 2. The number of likely N-dealkylation sites (tertiary alicyclic amines) is 2. The third-order valence-corrected chi connectivity index (χ3v) is 8.25. The molecule has 2 bridgehead atoms. The largest absolute Gasteiger partial charge is 2.00 e. The van der Waals surface area contributed by atoms with Crippen molar-refractivity contribution in [3.63, 3.8) is 0 Å². The molecule has 23 heteroatoms. The number of carbonyl (C=O) groups is 3. The van der Waals surface area contributed by atoms with E-state index in [1.807, 2.05) is 17.0 Å². The van der Waals surface area contributed by atoms with E-state index in [9.17, 15) is 9.59 Å². The van der Waals surface area contributed by atoms with E-state index in [-0.39, 0.29) is 36.7 Å². The third kappa shape index (κ3) is 10.7. The van der Waals surface area contributed by atoms with E-state index in [0.717, 1.165) is 0 Å². The van der Waals surface area contributed by atoms with Crippen LogP contribution in [0.1, 0.15) is 29.2 Å². The minimum Gasteiger partial charge on any atom is -0.497 e. The normalized spacial score (nSPS) is 22.8. The first-order valence-corrected chi connectivity index (χ1v) is 17.0. The zero-order valence-corrected chi connectivity index (χ0v) is 30.9. The molecule has 2 saturated heterocycles. The van der Waals surface area contributed by atoms with Gasteiger partial charge in [0.1, 0.15) is 11.5 Å². The molecule has 0 N–H and O–H groups in total. The predicted molar refractivity (Wildman–Crippen MR) is 148 cm³/mol. The number of aromatic nitrogens is 3. The number of pyridine rings is 3. The molecule has 5 rings (SSSR count). The van der Waals surface area contributed by atoms with Gasteiger partial charge in [-0.3, -0.25) is 39.1 Å². The van der Waals surface area contributed by atoms with Crippen LogP contribution in [0.25, 0.3) is 0 Å². The monoisotopic (exact) mass is 836 g/mol. The van der Waals surface area contributed by atoms with Crippen LogP contribution in [0.3, 0.4) is 0 Å². The van der Waals surface area contributed by atoms with Crippen molar-refractivity contribution in [3.05, 3.63) is 78.1 Å². The Balaban J connectivity index is 0.000000783. The van der Waals surface area contributed by atoms with Gasteiger partial charge >= 0.3 is 29.0 Å². The fourth-order valence-electron chi connectivity index (χ4n) is 6.63. The van der Waals surface area contributed by atoms with Crippen molar-refractivity contribution in [1.29, 1.82) is 0 Å². The Morgan fingerprint density at radius 3 is 1.49 bits per heavy atom. The van der Waals surface area contributed by atoms with Crippen LogP contribution in [-0.4, -0.2) is 91.0 Å². The Kier molecular flexibility index (Phi) is 16.0. The number of fused-ring (bicyclic) bond motifs is 2. The number of ether oxygens (including phenoxy) is 4. The quantitative estimate of drug-likeness (QED) is 0.116. The van der Waals surface area contributed by atoms with Crippen molar-refractivity contribution in [3.8, 4) is 11.5 Å². The third-order valence-electron chi connectivity index (χ3n) is 8.25. The Morgan fingerprint density at radius 1 is 0.736 bits per heavy atom. The van der Waals surface area contributed by atoms with Crippen LogP contribution >= 0.6 is 0 Å². The van der Waals surface area contributed by atoms with Gasteiger partial charge in [0.05, 0.1) is 57.6 Å². The topological polar surface area (TPSA) is 318 Å². The summed E-state index contributed by atoms with van der Waals surface area (Å²) in [7, 11) is -2.65. The van der Waals surface area contributed by atoms with Gasteiger partial charge in [-0.05, 0) is 31.3 Å². The van der Waals surface area contributed by atoms with Crippen molar-refractivity contribution >= 4 is 17.7 Å². The predicted octanol–water partition coefficient (Wildman–Crippen LogP) is -7.49. The van der Waals surface area contributed by atoms with Gasteiger partial charge in [-0.15, -0.1) is 20.5 Å². The molecule has 2 fully saturated rings. The molecular formula is C30H33Cl2CuN5O15. The van der Waals surface area contributed by atoms with E-state index in [2.05, 4.69) is 15.0 Å². The van der Waals surface area contributed by atoms with E-state index in [4.69, 9.17) is 56.2 Å². The van der Waals surface area contributed by atoms with Crippen LogP contribution in [0.4, 0.5) is 0 Å². The molecule has 0 amide bonds. The van der Waals surface area contributed by atoms with Crippen LogP contribution in [0.2, 0.25) is 0 Å². The number of methoxy groups -OCH3 is 4. The Bertz CT molecular complexity index is 1590.